The Morgan fingerprint density at radius 2 is 1.85 bits per heavy atom. The normalized spacial score (nSPS) is 10.2. The number of rotatable bonds is 4. The molecule has 1 aromatic heterocycles. The van der Waals surface area contributed by atoms with E-state index >= 15 is 0 Å². The summed E-state index contributed by atoms with van der Waals surface area (Å²) in [7, 11) is 1.34. The molecule has 2 rings (SSSR count). The zero-order valence-electron chi connectivity index (χ0n) is 11.8. The smallest absolute Gasteiger partial charge is 0.411 e. The molecule has 0 atom stereocenters. The number of carbonyl (C=O) groups is 1. The van der Waals surface area contributed by atoms with Gasteiger partial charge >= 0.3 is 6.09 Å². The molecule has 5 heteroatoms. The van der Waals surface area contributed by atoms with E-state index < -0.39 is 6.09 Å². The average molecular weight is 290 g/mol. The predicted molar refractivity (Wildman–Crippen MR) is 83.6 cm³/mol. The first-order valence-electron chi connectivity index (χ1n) is 6.33. The lowest BCUT2D eigenvalue weighted by atomic mass is 10.2. The van der Waals surface area contributed by atoms with Crippen molar-refractivity contribution in [1.82, 2.24) is 0 Å². The van der Waals surface area contributed by atoms with Crippen LogP contribution in [0.3, 0.4) is 0 Å². The zero-order valence-corrected chi connectivity index (χ0v) is 12.6. The van der Waals surface area contributed by atoms with E-state index in [1.54, 1.807) is 0 Å². The van der Waals surface area contributed by atoms with E-state index in [-0.39, 0.29) is 0 Å². The Kier molecular flexibility index (Phi) is 4.63. The second-order valence-electron chi connectivity index (χ2n) is 4.49. The van der Waals surface area contributed by atoms with Gasteiger partial charge in [0.2, 0.25) is 0 Å². The summed E-state index contributed by atoms with van der Waals surface area (Å²) >= 11 is 1.81. The van der Waals surface area contributed by atoms with Crippen LogP contribution in [0.5, 0.6) is 0 Å². The van der Waals surface area contributed by atoms with Crippen LogP contribution in [0.1, 0.15) is 15.3 Å². The van der Waals surface area contributed by atoms with Gasteiger partial charge in [-0.05, 0) is 49.7 Å². The minimum Gasteiger partial charge on any atom is -0.453 e. The quantitative estimate of drug-likeness (QED) is 0.889. The molecule has 0 saturated heterocycles. The summed E-state index contributed by atoms with van der Waals surface area (Å²) < 4.78 is 4.54. The van der Waals surface area contributed by atoms with E-state index in [0.29, 0.717) is 5.69 Å². The molecule has 1 heterocycles. The van der Waals surface area contributed by atoms with Crippen LogP contribution in [0.4, 0.5) is 16.2 Å². The maximum absolute atomic E-state index is 11.1. The second-order valence-corrected chi connectivity index (χ2v) is 5.95. The number of nitrogens with one attached hydrogen (secondary N) is 2. The molecule has 2 aromatic rings. The molecular formula is C15H18N2O2S. The van der Waals surface area contributed by atoms with Crippen molar-refractivity contribution in [1.29, 1.82) is 0 Å². The van der Waals surface area contributed by atoms with Crippen LogP contribution >= 0.6 is 11.3 Å². The highest BCUT2D eigenvalue weighted by atomic mass is 32.1. The summed E-state index contributed by atoms with van der Waals surface area (Å²) in [6.45, 7) is 5.06. The number of hydrogen-bond donors (Lipinski definition) is 2. The molecule has 0 bridgehead atoms. The molecule has 0 spiro atoms. The predicted octanol–water partition coefficient (Wildman–Crippen LogP) is 4.16. The minimum atomic E-state index is -0.463. The number of ether oxygens (including phenoxy) is 1. The molecule has 1 amide bonds. The monoisotopic (exact) mass is 290 g/mol. The van der Waals surface area contributed by atoms with E-state index in [1.165, 1.54) is 22.4 Å². The van der Waals surface area contributed by atoms with Crippen LogP contribution in [0.25, 0.3) is 0 Å². The highest BCUT2D eigenvalue weighted by Gasteiger charge is 2.03. The van der Waals surface area contributed by atoms with Crippen LogP contribution in [0.15, 0.2) is 30.3 Å². The fraction of sp³-hybridized carbons (Fsp3) is 0.267. The topological polar surface area (TPSA) is 50.4 Å². The summed E-state index contributed by atoms with van der Waals surface area (Å²) in [6.07, 6.45) is -0.463. The summed E-state index contributed by atoms with van der Waals surface area (Å²) in [6, 6.07) is 9.75. The van der Waals surface area contributed by atoms with Gasteiger partial charge in [0.1, 0.15) is 0 Å². The molecule has 0 saturated carbocycles. The lowest BCUT2D eigenvalue weighted by molar-refractivity contribution is 0.187. The third-order valence-electron chi connectivity index (χ3n) is 2.94. The van der Waals surface area contributed by atoms with Crippen LogP contribution in [0, 0.1) is 13.8 Å². The lowest BCUT2D eigenvalue weighted by Crippen LogP contribution is -2.10. The molecule has 0 radical (unpaired) electrons. The number of carbonyl (C=O) groups excluding carboxylic acids is 1. The zero-order chi connectivity index (χ0) is 14.5. The van der Waals surface area contributed by atoms with Crippen LogP contribution in [-0.4, -0.2) is 13.2 Å². The first kappa shape index (κ1) is 14.4. The summed E-state index contributed by atoms with van der Waals surface area (Å²) in [5.41, 5.74) is 3.05. The second kappa shape index (κ2) is 6.43. The van der Waals surface area contributed by atoms with E-state index in [1.807, 2.05) is 35.6 Å². The Hall–Kier alpha value is -2.01. The van der Waals surface area contributed by atoms with Gasteiger partial charge in [-0.15, -0.1) is 11.3 Å². The van der Waals surface area contributed by atoms with Gasteiger partial charge in [-0.1, -0.05) is 0 Å². The molecule has 0 fully saturated rings. The third kappa shape index (κ3) is 3.74. The van der Waals surface area contributed by atoms with Crippen molar-refractivity contribution in [2.24, 2.45) is 0 Å². The minimum absolute atomic E-state index is 0.463. The van der Waals surface area contributed by atoms with E-state index in [0.717, 1.165) is 12.2 Å². The Labute approximate surface area is 122 Å². The number of thiophene rings is 1. The molecule has 0 aliphatic heterocycles. The molecule has 1 aromatic carbocycles. The fourth-order valence-corrected chi connectivity index (χ4v) is 2.84. The van der Waals surface area contributed by atoms with Gasteiger partial charge in [0, 0.05) is 27.7 Å². The summed E-state index contributed by atoms with van der Waals surface area (Å²) in [5.74, 6) is 0. The van der Waals surface area contributed by atoms with Gasteiger partial charge in [-0.2, -0.15) is 0 Å². The molecule has 0 aliphatic carbocycles. The largest absolute Gasteiger partial charge is 0.453 e. The highest BCUT2D eigenvalue weighted by molar-refractivity contribution is 7.12. The number of benzene rings is 1. The molecule has 106 valence electrons. The Morgan fingerprint density at radius 3 is 2.40 bits per heavy atom. The number of methoxy groups -OCH3 is 1. The van der Waals surface area contributed by atoms with Crippen molar-refractivity contribution in [2.45, 2.75) is 20.4 Å². The van der Waals surface area contributed by atoms with Crippen molar-refractivity contribution in [3.63, 3.8) is 0 Å². The summed E-state index contributed by atoms with van der Waals surface area (Å²) in [4.78, 5) is 13.7. The van der Waals surface area contributed by atoms with Gasteiger partial charge in [0.15, 0.2) is 0 Å². The van der Waals surface area contributed by atoms with E-state index in [4.69, 9.17) is 0 Å². The van der Waals surface area contributed by atoms with Crippen molar-refractivity contribution >= 4 is 28.8 Å². The Balaban J connectivity index is 1.94. The maximum atomic E-state index is 11.1. The standard InChI is InChI=1S/C15H18N2O2S/c1-10-8-12(11(2)20-10)9-16-13-4-6-14(7-5-13)17-15(18)19-3/h4-8,16H,9H2,1-3H3,(H,17,18). The average Bonchev–Trinajstić information content (AvgIpc) is 2.76. The molecule has 20 heavy (non-hydrogen) atoms. The van der Waals surface area contributed by atoms with Crippen molar-refractivity contribution in [2.75, 3.05) is 17.7 Å². The van der Waals surface area contributed by atoms with Gasteiger partial charge in [0.05, 0.1) is 7.11 Å². The SMILES string of the molecule is COC(=O)Nc1ccc(NCc2cc(C)sc2C)cc1. The molecular weight excluding hydrogens is 272 g/mol. The van der Waals surface area contributed by atoms with Gasteiger partial charge < -0.3 is 10.1 Å². The Bertz CT molecular complexity index is 590. The van der Waals surface area contributed by atoms with E-state index in [9.17, 15) is 4.79 Å². The first-order chi connectivity index (χ1) is 9.58. The number of anilines is 2. The first-order valence-corrected chi connectivity index (χ1v) is 7.15. The van der Waals surface area contributed by atoms with Gasteiger partial charge in [0.25, 0.3) is 0 Å². The van der Waals surface area contributed by atoms with Crippen LogP contribution in [0.2, 0.25) is 0 Å². The molecule has 0 aliphatic rings. The van der Waals surface area contributed by atoms with Crippen molar-refractivity contribution in [3.05, 3.63) is 45.6 Å². The molecule has 4 nitrogen and oxygen atoms in total. The molecule has 0 unspecified atom stereocenters. The summed E-state index contributed by atoms with van der Waals surface area (Å²) in [5, 5.41) is 5.99. The van der Waals surface area contributed by atoms with Crippen molar-refractivity contribution in [3.8, 4) is 0 Å². The molecule has 2 N–H and O–H groups in total. The number of aryl methyl sites for hydroxylation is 2. The van der Waals surface area contributed by atoms with Crippen molar-refractivity contribution < 1.29 is 9.53 Å². The lowest BCUT2D eigenvalue weighted by Gasteiger charge is -2.08. The number of hydrogen-bond acceptors (Lipinski definition) is 4. The number of amides is 1. The van der Waals surface area contributed by atoms with Gasteiger partial charge in [-0.3, -0.25) is 5.32 Å². The van der Waals surface area contributed by atoms with Crippen LogP contribution in [-0.2, 0) is 11.3 Å². The fourth-order valence-electron chi connectivity index (χ4n) is 1.90. The third-order valence-corrected chi connectivity index (χ3v) is 3.95. The van der Waals surface area contributed by atoms with E-state index in [2.05, 4.69) is 35.3 Å². The highest BCUT2D eigenvalue weighted by Crippen LogP contribution is 2.22. The van der Waals surface area contributed by atoms with Crippen LogP contribution < -0.4 is 10.6 Å². The Morgan fingerprint density at radius 1 is 1.20 bits per heavy atom. The maximum Gasteiger partial charge on any atom is 0.411 e. The van der Waals surface area contributed by atoms with Gasteiger partial charge in [-0.25, -0.2) is 4.79 Å².